The van der Waals surface area contributed by atoms with Crippen LogP contribution in [0.1, 0.15) is 16.7 Å². The van der Waals surface area contributed by atoms with Gasteiger partial charge in [-0.15, -0.1) is 0 Å². The summed E-state index contributed by atoms with van der Waals surface area (Å²) in [6, 6.07) is 6.80. The molecule has 3 rings (SSSR count). The zero-order valence-corrected chi connectivity index (χ0v) is 12.7. The first-order chi connectivity index (χ1) is 10.9. The van der Waals surface area contributed by atoms with E-state index in [1.807, 2.05) is 26.0 Å². The summed E-state index contributed by atoms with van der Waals surface area (Å²) in [5.74, 6) is -1.72. The number of amides is 1. The van der Waals surface area contributed by atoms with E-state index in [9.17, 15) is 13.6 Å². The molecule has 0 saturated carbocycles. The molecule has 0 fully saturated rings. The van der Waals surface area contributed by atoms with Crippen LogP contribution in [0.25, 0.3) is 11.0 Å². The van der Waals surface area contributed by atoms with Crippen molar-refractivity contribution < 1.29 is 18.0 Å². The van der Waals surface area contributed by atoms with Gasteiger partial charge in [0.1, 0.15) is 17.2 Å². The summed E-state index contributed by atoms with van der Waals surface area (Å²) in [5, 5.41) is 3.23. The molecule has 0 saturated heterocycles. The number of anilines is 1. The average Bonchev–Trinajstić information content (AvgIpc) is 2.85. The standard InChI is InChI=1S/C18H15F2NO2/c1-10-5-14-12(9-23-17(14)6-11(10)2)7-18(22)21-16-8-13(19)3-4-15(16)20/h3-6,8-9H,7H2,1-2H3,(H,21,22). The van der Waals surface area contributed by atoms with Crippen molar-refractivity contribution in [2.75, 3.05) is 5.32 Å². The number of hydrogen-bond donors (Lipinski definition) is 1. The lowest BCUT2D eigenvalue weighted by atomic mass is 10.0. The number of rotatable bonds is 3. The van der Waals surface area contributed by atoms with Crippen molar-refractivity contribution in [3.8, 4) is 0 Å². The maximum Gasteiger partial charge on any atom is 0.229 e. The van der Waals surface area contributed by atoms with Gasteiger partial charge in [0, 0.05) is 17.0 Å². The van der Waals surface area contributed by atoms with Crippen LogP contribution in [0, 0.1) is 25.5 Å². The largest absolute Gasteiger partial charge is 0.464 e. The summed E-state index contributed by atoms with van der Waals surface area (Å²) in [5.41, 5.74) is 3.43. The second kappa shape index (κ2) is 5.83. The van der Waals surface area contributed by atoms with E-state index in [4.69, 9.17) is 4.42 Å². The van der Waals surface area contributed by atoms with E-state index in [1.54, 1.807) is 0 Å². The highest BCUT2D eigenvalue weighted by Crippen LogP contribution is 2.25. The molecule has 5 heteroatoms. The normalized spacial score (nSPS) is 11.0. The van der Waals surface area contributed by atoms with Crippen molar-refractivity contribution in [1.82, 2.24) is 0 Å². The van der Waals surface area contributed by atoms with Crippen LogP contribution in [-0.2, 0) is 11.2 Å². The fraction of sp³-hybridized carbons (Fsp3) is 0.167. The Hall–Kier alpha value is -2.69. The third kappa shape index (κ3) is 3.08. The van der Waals surface area contributed by atoms with Crippen LogP contribution in [0.5, 0.6) is 0 Å². The molecule has 1 aromatic heterocycles. The number of aryl methyl sites for hydroxylation is 2. The van der Waals surface area contributed by atoms with Crippen molar-refractivity contribution >= 4 is 22.6 Å². The van der Waals surface area contributed by atoms with Crippen molar-refractivity contribution in [2.45, 2.75) is 20.3 Å². The van der Waals surface area contributed by atoms with Crippen LogP contribution in [0.4, 0.5) is 14.5 Å². The Kier molecular flexibility index (Phi) is 3.86. The van der Waals surface area contributed by atoms with Gasteiger partial charge in [-0.25, -0.2) is 8.78 Å². The monoisotopic (exact) mass is 315 g/mol. The van der Waals surface area contributed by atoms with E-state index in [1.165, 1.54) is 6.26 Å². The zero-order valence-electron chi connectivity index (χ0n) is 12.7. The molecule has 0 atom stereocenters. The predicted octanol–water partition coefficient (Wildman–Crippen LogP) is 4.51. The van der Waals surface area contributed by atoms with E-state index in [-0.39, 0.29) is 12.1 Å². The topological polar surface area (TPSA) is 42.2 Å². The van der Waals surface area contributed by atoms with Crippen LogP contribution in [0.3, 0.4) is 0 Å². The van der Waals surface area contributed by atoms with Crippen LogP contribution in [0.15, 0.2) is 41.0 Å². The number of carbonyl (C=O) groups excluding carboxylic acids is 1. The van der Waals surface area contributed by atoms with Gasteiger partial charge in [-0.2, -0.15) is 0 Å². The summed E-state index contributed by atoms with van der Waals surface area (Å²) < 4.78 is 32.2. The maximum absolute atomic E-state index is 13.6. The summed E-state index contributed by atoms with van der Waals surface area (Å²) in [6.45, 7) is 3.96. The molecule has 0 unspecified atom stereocenters. The van der Waals surface area contributed by atoms with E-state index in [2.05, 4.69) is 5.32 Å². The summed E-state index contributed by atoms with van der Waals surface area (Å²) >= 11 is 0. The van der Waals surface area contributed by atoms with Gasteiger partial charge < -0.3 is 9.73 Å². The molecule has 0 bridgehead atoms. The molecule has 1 heterocycles. The van der Waals surface area contributed by atoms with Crippen LogP contribution in [-0.4, -0.2) is 5.91 Å². The van der Waals surface area contributed by atoms with Gasteiger partial charge in [0.05, 0.1) is 18.4 Å². The highest BCUT2D eigenvalue weighted by Gasteiger charge is 2.13. The number of furan rings is 1. The van der Waals surface area contributed by atoms with Crippen LogP contribution in [0.2, 0.25) is 0 Å². The molecule has 1 N–H and O–H groups in total. The quantitative estimate of drug-likeness (QED) is 0.772. The molecule has 118 valence electrons. The molecule has 0 spiro atoms. The number of halogens is 2. The first-order valence-corrected chi connectivity index (χ1v) is 7.16. The third-order valence-electron chi connectivity index (χ3n) is 3.82. The minimum absolute atomic E-state index is 0.0193. The van der Waals surface area contributed by atoms with Crippen molar-refractivity contribution in [2.24, 2.45) is 0 Å². The summed E-state index contributed by atoms with van der Waals surface area (Å²) in [4.78, 5) is 12.1. The van der Waals surface area contributed by atoms with E-state index in [0.717, 1.165) is 34.7 Å². The maximum atomic E-state index is 13.6. The van der Waals surface area contributed by atoms with Gasteiger partial charge in [0.15, 0.2) is 0 Å². The Morgan fingerprint density at radius 1 is 1.13 bits per heavy atom. The first-order valence-electron chi connectivity index (χ1n) is 7.16. The van der Waals surface area contributed by atoms with E-state index < -0.39 is 17.5 Å². The molecule has 3 nitrogen and oxygen atoms in total. The molecule has 1 amide bonds. The van der Waals surface area contributed by atoms with Gasteiger partial charge in [0.25, 0.3) is 0 Å². The highest BCUT2D eigenvalue weighted by molar-refractivity contribution is 5.95. The molecule has 0 aliphatic rings. The van der Waals surface area contributed by atoms with Gasteiger partial charge in [-0.1, -0.05) is 0 Å². The molecular formula is C18H15F2NO2. The third-order valence-corrected chi connectivity index (χ3v) is 3.82. The van der Waals surface area contributed by atoms with Crippen molar-refractivity contribution in [3.05, 3.63) is 64.9 Å². The smallest absolute Gasteiger partial charge is 0.229 e. The van der Waals surface area contributed by atoms with E-state index >= 15 is 0 Å². The highest BCUT2D eigenvalue weighted by atomic mass is 19.1. The number of fused-ring (bicyclic) bond motifs is 1. The average molecular weight is 315 g/mol. The van der Waals surface area contributed by atoms with Crippen LogP contribution >= 0.6 is 0 Å². The Morgan fingerprint density at radius 2 is 1.87 bits per heavy atom. The Labute approximate surface area is 131 Å². The van der Waals surface area contributed by atoms with Crippen LogP contribution < -0.4 is 5.32 Å². The Balaban J connectivity index is 1.83. The van der Waals surface area contributed by atoms with Gasteiger partial charge in [0.2, 0.25) is 5.91 Å². The molecule has 0 aliphatic carbocycles. The summed E-state index contributed by atoms with van der Waals surface area (Å²) in [7, 11) is 0. The minimum Gasteiger partial charge on any atom is -0.464 e. The Bertz CT molecular complexity index is 899. The molecule has 3 aromatic rings. The number of hydrogen-bond acceptors (Lipinski definition) is 2. The molecule has 0 aliphatic heterocycles. The fourth-order valence-electron chi connectivity index (χ4n) is 2.43. The fourth-order valence-corrected chi connectivity index (χ4v) is 2.43. The second-order valence-electron chi connectivity index (χ2n) is 5.54. The second-order valence-corrected chi connectivity index (χ2v) is 5.54. The first kappa shape index (κ1) is 15.2. The molecular weight excluding hydrogens is 300 g/mol. The predicted molar refractivity (Wildman–Crippen MR) is 84.4 cm³/mol. The van der Waals surface area contributed by atoms with E-state index in [0.29, 0.717) is 11.1 Å². The van der Waals surface area contributed by atoms with Crippen molar-refractivity contribution in [1.29, 1.82) is 0 Å². The number of nitrogens with one attached hydrogen (secondary N) is 1. The molecule has 23 heavy (non-hydrogen) atoms. The molecule has 2 aromatic carbocycles. The molecule has 0 radical (unpaired) electrons. The zero-order chi connectivity index (χ0) is 16.6. The van der Waals surface area contributed by atoms with Gasteiger partial charge in [-0.3, -0.25) is 4.79 Å². The summed E-state index contributed by atoms with van der Waals surface area (Å²) in [6.07, 6.45) is 1.54. The lowest BCUT2D eigenvalue weighted by Crippen LogP contribution is -2.15. The SMILES string of the molecule is Cc1cc2occ(CC(=O)Nc3cc(F)ccc3F)c2cc1C. The van der Waals surface area contributed by atoms with Gasteiger partial charge >= 0.3 is 0 Å². The number of carbonyl (C=O) groups is 1. The minimum atomic E-state index is -0.678. The van der Waals surface area contributed by atoms with Crippen molar-refractivity contribution in [3.63, 3.8) is 0 Å². The van der Waals surface area contributed by atoms with Gasteiger partial charge in [-0.05, 0) is 49.2 Å². The Morgan fingerprint density at radius 3 is 2.65 bits per heavy atom. The number of benzene rings is 2. The lowest BCUT2D eigenvalue weighted by Gasteiger charge is -2.06. The lowest BCUT2D eigenvalue weighted by molar-refractivity contribution is -0.115.